The highest BCUT2D eigenvalue weighted by atomic mass is 16.7. The molecule has 0 unspecified atom stereocenters. The topological polar surface area (TPSA) is 55.8 Å². The van der Waals surface area contributed by atoms with Gasteiger partial charge in [0, 0.05) is 5.41 Å². The lowest BCUT2D eigenvalue weighted by Gasteiger charge is -2.20. The highest BCUT2D eigenvalue weighted by Crippen LogP contribution is 2.13. The van der Waals surface area contributed by atoms with Gasteiger partial charge in [-0.3, -0.25) is 0 Å². The molecule has 0 aromatic carbocycles. The molecule has 0 saturated carbocycles. The predicted octanol–water partition coefficient (Wildman–Crippen LogP) is 0.992. The van der Waals surface area contributed by atoms with Crippen LogP contribution in [0.3, 0.4) is 0 Å². The third-order valence-electron chi connectivity index (χ3n) is 1.23. The van der Waals surface area contributed by atoms with Crippen LogP contribution in [0.4, 0.5) is 4.79 Å². The zero-order valence-electron chi connectivity index (χ0n) is 7.50. The van der Waals surface area contributed by atoms with Crippen molar-refractivity contribution in [2.45, 2.75) is 13.8 Å². The van der Waals surface area contributed by atoms with Crippen LogP contribution >= 0.6 is 0 Å². The molecule has 0 aliphatic carbocycles. The first-order valence-corrected chi connectivity index (χ1v) is 3.71. The van der Waals surface area contributed by atoms with Crippen molar-refractivity contribution in [2.75, 3.05) is 19.8 Å². The van der Waals surface area contributed by atoms with Gasteiger partial charge in [0.15, 0.2) is 0 Å². The number of aliphatic hydroxyl groups is 1. The number of aliphatic hydroxyl groups excluding tert-OH is 1. The minimum atomic E-state index is -0.744. The first-order valence-electron chi connectivity index (χ1n) is 3.71. The second-order valence-electron chi connectivity index (χ2n) is 3.21. The lowest BCUT2D eigenvalue weighted by Crippen LogP contribution is -2.25. The normalized spacial score (nSPS) is 11.0. The van der Waals surface area contributed by atoms with Gasteiger partial charge in [0.25, 0.3) is 0 Å². The van der Waals surface area contributed by atoms with Gasteiger partial charge in [-0.2, -0.15) is 0 Å². The van der Waals surface area contributed by atoms with Crippen LogP contribution in [-0.4, -0.2) is 31.1 Å². The fourth-order valence-electron chi connectivity index (χ4n) is 0.425. The van der Waals surface area contributed by atoms with Gasteiger partial charge >= 0.3 is 6.16 Å². The summed E-state index contributed by atoms with van der Waals surface area (Å²) in [5, 5.41) is 8.79. The van der Waals surface area contributed by atoms with E-state index in [1.54, 1.807) is 13.8 Å². The van der Waals surface area contributed by atoms with Crippen molar-refractivity contribution < 1.29 is 19.4 Å². The molecule has 4 heteroatoms. The quantitative estimate of drug-likeness (QED) is 0.647. The van der Waals surface area contributed by atoms with Crippen molar-refractivity contribution in [3.8, 4) is 0 Å². The number of rotatable bonds is 4. The van der Waals surface area contributed by atoms with E-state index in [2.05, 4.69) is 16.4 Å². The molecular formula is C8H15O4. The molecule has 1 N–H and O–H groups in total. The summed E-state index contributed by atoms with van der Waals surface area (Å²) in [7, 11) is 0. The Morgan fingerprint density at radius 3 is 2.50 bits per heavy atom. The molecule has 0 amide bonds. The minimum Gasteiger partial charge on any atom is -0.434 e. The summed E-state index contributed by atoms with van der Waals surface area (Å²) in [6.07, 6.45) is -0.744. The molecule has 0 aromatic heterocycles. The summed E-state index contributed by atoms with van der Waals surface area (Å²) in [4.78, 5) is 10.6. The summed E-state index contributed by atoms with van der Waals surface area (Å²) < 4.78 is 9.10. The number of hydrogen-bond acceptors (Lipinski definition) is 4. The SMILES string of the molecule is [CH2]COC(=O)OCC(C)(C)CO. The molecular weight excluding hydrogens is 160 g/mol. The zero-order chi connectivity index (χ0) is 9.61. The Kier molecular flexibility index (Phi) is 4.66. The van der Waals surface area contributed by atoms with E-state index in [1.807, 2.05) is 0 Å². The van der Waals surface area contributed by atoms with Gasteiger partial charge in [0.1, 0.15) is 6.61 Å². The fraction of sp³-hybridized carbons (Fsp3) is 0.750. The first kappa shape index (κ1) is 11.2. The molecule has 0 aromatic rings. The molecule has 0 rings (SSSR count). The van der Waals surface area contributed by atoms with Crippen molar-refractivity contribution in [1.82, 2.24) is 0 Å². The Morgan fingerprint density at radius 1 is 1.50 bits per heavy atom. The molecule has 0 heterocycles. The number of ether oxygens (including phenoxy) is 2. The highest BCUT2D eigenvalue weighted by Gasteiger charge is 2.19. The summed E-state index contributed by atoms with van der Waals surface area (Å²) in [5.41, 5.74) is -0.416. The average Bonchev–Trinajstić information content (AvgIpc) is 2.02. The molecule has 71 valence electrons. The van der Waals surface area contributed by atoms with E-state index in [0.717, 1.165) is 0 Å². The number of carbonyl (C=O) groups is 1. The third-order valence-corrected chi connectivity index (χ3v) is 1.23. The van der Waals surface area contributed by atoms with Gasteiger partial charge in [0.2, 0.25) is 0 Å². The highest BCUT2D eigenvalue weighted by molar-refractivity contribution is 5.59. The monoisotopic (exact) mass is 175 g/mol. The molecule has 0 aliphatic rings. The van der Waals surface area contributed by atoms with Crippen molar-refractivity contribution >= 4 is 6.16 Å². The van der Waals surface area contributed by atoms with Crippen LogP contribution in [0.5, 0.6) is 0 Å². The van der Waals surface area contributed by atoms with E-state index >= 15 is 0 Å². The van der Waals surface area contributed by atoms with Gasteiger partial charge in [0.05, 0.1) is 13.2 Å². The standard InChI is InChI=1S/C8H15O4/c1-4-11-7(10)12-6-8(2,3)5-9/h9H,1,4-6H2,2-3H3. The van der Waals surface area contributed by atoms with Gasteiger partial charge in [-0.05, 0) is 6.92 Å². The van der Waals surface area contributed by atoms with Crippen LogP contribution in [-0.2, 0) is 9.47 Å². The van der Waals surface area contributed by atoms with E-state index < -0.39 is 11.6 Å². The van der Waals surface area contributed by atoms with Crippen LogP contribution < -0.4 is 0 Å². The van der Waals surface area contributed by atoms with Crippen molar-refractivity contribution in [3.05, 3.63) is 6.92 Å². The molecule has 12 heavy (non-hydrogen) atoms. The van der Waals surface area contributed by atoms with E-state index in [0.29, 0.717) is 0 Å². The second-order valence-corrected chi connectivity index (χ2v) is 3.21. The van der Waals surface area contributed by atoms with E-state index in [9.17, 15) is 4.79 Å². The summed E-state index contributed by atoms with van der Waals surface area (Å²) in [6, 6.07) is 0. The van der Waals surface area contributed by atoms with Crippen LogP contribution in [0.1, 0.15) is 13.8 Å². The largest absolute Gasteiger partial charge is 0.508 e. The molecule has 0 fully saturated rings. The van der Waals surface area contributed by atoms with Crippen LogP contribution in [0.2, 0.25) is 0 Å². The molecule has 0 atom stereocenters. The Bertz CT molecular complexity index is 142. The Hall–Kier alpha value is -0.770. The molecule has 4 nitrogen and oxygen atoms in total. The fourth-order valence-corrected chi connectivity index (χ4v) is 0.425. The van der Waals surface area contributed by atoms with E-state index in [1.165, 1.54) is 0 Å². The number of carbonyl (C=O) groups excluding carboxylic acids is 1. The molecule has 0 aliphatic heterocycles. The summed E-state index contributed by atoms with van der Waals surface area (Å²) in [5.74, 6) is 0. The Morgan fingerprint density at radius 2 is 2.08 bits per heavy atom. The van der Waals surface area contributed by atoms with Gasteiger partial charge in [-0.15, -0.1) is 0 Å². The molecule has 0 spiro atoms. The zero-order valence-corrected chi connectivity index (χ0v) is 7.50. The molecule has 0 bridgehead atoms. The predicted molar refractivity (Wildman–Crippen MR) is 43.5 cm³/mol. The van der Waals surface area contributed by atoms with Crippen LogP contribution in [0.15, 0.2) is 0 Å². The van der Waals surface area contributed by atoms with Crippen LogP contribution in [0.25, 0.3) is 0 Å². The van der Waals surface area contributed by atoms with Gasteiger partial charge < -0.3 is 14.6 Å². The molecule has 1 radical (unpaired) electrons. The Labute approximate surface area is 72.5 Å². The maximum Gasteiger partial charge on any atom is 0.508 e. The Balaban J connectivity index is 3.60. The van der Waals surface area contributed by atoms with Gasteiger partial charge in [-0.1, -0.05) is 13.8 Å². The first-order chi connectivity index (χ1) is 5.52. The maximum atomic E-state index is 10.6. The second kappa shape index (κ2) is 4.98. The maximum absolute atomic E-state index is 10.6. The summed E-state index contributed by atoms with van der Waals surface area (Å²) in [6.45, 7) is 7.04. The minimum absolute atomic E-state index is 0.0370. The van der Waals surface area contributed by atoms with Gasteiger partial charge in [-0.25, -0.2) is 4.79 Å². The number of hydrogen-bond donors (Lipinski definition) is 1. The van der Waals surface area contributed by atoms with Crippen LogP contribution in [0, 0.1) is 12.3 Å². The molecule has 0 saturated heterocycles. The van der Waals surface area contributed by atoms with Crippen molar-refractivity contribution in [2.24, 2.45) is 5.41 Å². The van der Waals surface area contributed by atoms with E-state index in [4.69, 9.17) is 5.11 Å². The summed E-state index contributed by atoms with van der Waals surface area (Å²) >= 11 is 0. The smallest absolute Gasteiger partial charge is 0.434 e. The van der Waals surface area contributed by atoms with E-state index in [-0.39, 0.29) is 19.8 Å². The van der Waals surface area contributed by atoms with Crippen molar-refractivity contribution in [1.29, 1.82) is 0 Å². The lowest BCUT2D eigenvalue weighted by molar-refractivity contribution is 0.0182. The lowest BCUT2D eigenvalue weighted by atomic mass is 9.97. The third kappa shape index (κ3) is 4.96. The van der Waals surface area contributed by atoms with Crippen molar-refractivity contribution in [3.63, 3.8) is 0 Å². The average molecular weight is 175 g/mol.